The molecule has 0 aromatic heterocycles. The van der Waals surface area contributed by atoms with E-state index in [0.29, 0.717) is 24.5 Å². The van der Waals surface area contributed by atoms with Gasteiger partial charge in [0.1, 0.15) is 23.1 Å². The highest BCUT2D eigenvalue weighted by molar-refractivity contribution is 5.97. The van der Waals surface area contributed by atoms with Crippen molar-refractivity contribution in [3.05, 3.63) is 63.7 Å². The molecule has 1 fully saturated rings. The number of nitro benzene ring substituents is 1. The van der Waals surface area contributed by atoms with Gasteiger partial charge in [-0.2, -0.15) is 0 Å². The van der Waals surface area contributed by atoms with Crippen molar-refractivity contribution < 1.29 is 24.3 Å². The Hall–Kier alpha value is -3.13. The van der Waals surface area contributed by atoms with Crippen LogP contribution in [0.25, 0.3) is 0 Å². The highest BCUT2D eigenvalue weighted by atomic mass is 16.6. The van der Waals surface area contributed by atoms with Crippen LogP contribution in [-0.4, -0.2) is 42.3 Å². The average Bonchev–Trinajstić information content (AvgIpc) is 2.63. The second-order valence-corrected chi connectivity index (χ2v) is 5.87. The summed E-state index contributed by atoms with van der Waals surface area (Å²) in [6, 6.07) is 11.7. The van der Waals surface area contributed by atoms with Crippen LogP contribution in [0, 0.1) is 10.1 Å². The number of aliphatic hydroxyl groups excluding tert-OH is 1. The number of nitrogens with zero attached hydrogens (tertiary/aromatic N) is 2. The van der Waals surface area contributed by atoms with Crippen LogP contribution in [0.5, 0.6) is 5.75 Å². The molecule has 3 rings (SSSR count). The number of carbonyl (C=O) groups excluding carboxylic acids is 1. The smallest absolute Gasteiger partial charge is 0.344 e. The summed E-state index contributed by atoms with van der Waals surface area (Å²) < 4.78 is 10.4. The zero-order valence-electron chi connectivity index (χ0n) is 14.1. The number of para-hydroxylation sites is 1. The van der Waals surface area contributed by atoms with E-state index in [4.69, 9.17) is 9.84 Å². The number of aliphatic hydroxyl groups is 1. The lowest BCUT2D eigenvalue weighted by Gasteiger charge is -2.40. The summed E-state index contributed by atoms with van der Waals surface area (Å²) in [5.74, 6) is -0.0690. The third-order valence-electron chi connectivity index (χ3n) is 4.20. The molecule has 2 aromatic carbocycles. The van der Waals surface area contributed by atoms with Gasteiger partial charge in [-0.1, -0.05) is 18.2 Å². The average molecular weight is 358 g/mol. The van der Waals surface area contributed by atoms with E-state index >= 15 is 0 Å². The van der Waals surface area contributed by atoms with Gasteiger partial charge in [-0.25, -0.2) is 4.79 Å². The molecular weight excluding hydrogens is 340 g/mol. The zero-order chi connectivity index (χ0) is 18.7. The topological polar surface area (TPSA) is 102 Å². The van der Waals surface area contributed by atoms with Gasteiger partial charge in [0, 0.05) is 0 Å². The van der Waals surface area contributed by atoms with E-state index in [1.807, 2.05) is 0 Å². The van der Waals surface area contributed by atoms with Crippen LogP contribution in [0.15, 0.2) is 42.5 Å². The number of anilines is 1. The molecule has 0 spiro atoms. The number of carbonyl (C=O) groups is 1. The number of hydrogen-bond donors (Lipinski definition) is 1. The monoisotopic (exact) mass is 358 g/mol. The molecule has 8 nitrogen and oxygen atoms in total. The van der Waals surface area contributed by atoms with Gasteiger partial charge in [0.15, 0.2) is 0 Å². The van der Waals surface area contributed by atoms with E-state index in [0.717, 1.165) is 5.56 Å². The largest absolute Gasteiger partial charge is 0.487 e. The molecule has 2 aromatic rings. The number of hydrogen-bond acceptors (Lipinski definition) is 7. The van der Waals surface area contributed by atoms with Crippen LogP contribution >= 0.6 is 0 Å². The zero-order valence-corrected chi connectivity index (χ0v) is 14.1. The first-order chi connectivity index (χ1) is 12.5. The summed E-state index contributed by atoms with van der Waals surface area (Å²) in [5, 5.41) is 20.5. The molecule has 26 heavy (non-hydrogen) atoms. The number of nitro groups is 1. The van der Waals surface area contributed by atoms with Crippen LogP contribution in [0.3, 0.4) is 0 Å². The van der Waals surface area contributed by atoms with E-state index in [-0.39, 0.29) is 24.0 Å². The molecule has 0 bridgehead atoms. The Bertz CT molecular complexity index is 815. The number of benzene rings is 2. The van der Waals surface area contributed by atoms with E-state index in [1.165, 1.54) is 13.2 Å². The number of methoxy groups -OCH3 is 1. The second kappa shape index (κ2) is 7.40. The Morgan fingerprint density at radius 2 is 1.96 bits per heavy atom. The van der Waals surface area contributed by atoms with Gasteiger partial charge in [-0.3, -0.25) is 10.1 Å². The maximum Gasteiger partial charge on any atom is 0.344 e. The van der Waals surface area contributed by atoms with Crippen LogP contribution < -0.4 is 9.64 Å². The van der Waals surface area contributed by atoms with Crippen molar-refractivity contribution in [2.24, 2.45) is 0 Å². The molecule has 1 heterocycles. The van der Waals surface area contributed by atoms with E-state index < -0.39 is 10.9 Å². The first-order valence-corrected chi connectivity index (χ1v) is 8.00. The maximum atomic E-state index is 11.8. The third-order valence-corrected chi connectivity index (χ3v) is 4.20. The lowest BCUT2D eigenvalue weighted by Crippen LogP contribution is -2.54. The molecule has 1 aliphatic rings. The van der Waals surface area contributed by atoms with Gasteiger partial charge >= 0.3 is 11.7 Å². The Kier molecular flexibility index (Phi) is 5.04. The van der Waals surface area contributed by atoms with E-state index in [2.05, 4.69) is 4.74 Å². The molecule has 1 saturated heterocycles. The van der Waals surface area contributed by atoms with Gasteiger partial charge < -0.3 is 19.5 Å². The Morgan fingerprint density at radius 1 is 1.27 bits per heavy atom. The molecule has 1 N–H and O–H groups in total. The van der Waals surface area contributed by atoms with Crippen molar-refractivity contribution in [1.29, 1.82) is 0 Å². The quantitative estimate of drug-likeness (QED) is 0.479. The Balaban J connectivity index is 1.72. The van der Waals surface area contributed by atoms with Crippen LogP contribution in [-0.2, 0) is 11.3 Å². The summed E-state index contributed by atoms with van der Waals surface area (Å²) in [4.78, 5) is 24.5. The minimum absolute atomic E-state index is 0.0301. The fourth-order valence-electron chi connectivity index (χ4n) is 2.83. The number of esters is 1. The number of ether oxygens (including phenoxy) is 2. The van der Waals surface area contributed by atoms with Crippen molar-refractivity contribution in [3.8, 4) is 5.75 Å². The highest BCUT2D eigenvalue weighted by Crippen LogP contribution is 2.35. The molecule has 1 aliphatic heterocycles. The van der Waals surface area contributed by atoms with Crippen molar-refractivity contribution in [2.45, 2.75) is 12.7 Å². The van der Waals surface area contributed by atoms with Gasteiger partial charge in [0.25, 0.3) is 0 Å². The van der Waals surface area contributed by atoms with Crippen molar-refractivity contribution in [1.82, 2.24) is 0 Å². The van der Waals surface area contributed by atoms with Crippen LogP contribution in [0.2, 0.25) is 0 Å². The molecule has 0 radical (unpaired) electrons. The van der Waals surface area contributed by atoms with E-state index in [9.17, 15) is 14.9 Å². The van der Waals surface area contributed by atoms with Gasteiger partial charge in [-0.05, 0) is 29.8 Å². The molecule has 8 heteroatoms. The molecule has 136 valence electrons. The van der Waals surface area contributed by atoms with Crippen LogP contribution in [0.1, 0.15) is 15.9 Å². The third kappa shape index (κ3) is 3.45. The van der Waals surface area contributed by atoms with Gasteiger partial charge in [0.05, 0.1) is 31.7 Å². The highest BCUT2D eigenvalue weighted by Gasteiger charge is 2.35. The standard InChI is InChI=1S/C18H18N2O6/c1-25-18(22)15-3-2-4-16(17(15)20(23)24)19-9-14(10-19)26-13-7-5-12(11-21)6-8-13/h2-8,14,21H,9-11H2,1H3. The second-order valence-electron chi connectivity index (χ2n) is 5.87. The van der Waals surface area contributed by atoms with E-state index in [1.54, 1.807) is 41.3 Å². The molecule has 0 aliphatic carbocycles. The first kappa shape index (κ1) is 17.7. The van der Waals surface area contributed by atoms with Crippen molar-refractivity contribution in [2.75, 3.05) is 25.1 Å². The normalized spacial score (nSPS) is 13.8. The lowest BCUT2D eigenvalue weighted by molar-refractivity contribution is -0.384. The Labute approximate surface area is 149 Å². The fourth-order valence-corrected chi connectivity index (χ4v) is 2.83. The SMILES string of the molecule is COC(=O)c1cccc(N2CC(Oc3ccc(CO)cc3)C2)c1[N+](=O)[O-]. The predicted molar refractivity (Wildman–Crippen MR) is 93.4 cm³/mol. The summed E-state index contributed by atoms with van der Waals surface area (Å²) in [5.41, 5.74) is 0.834. The summed E-state index contributed by atoms with van der Waals surface area (Å²) in [7, 11) is 1.19. The molecule has 0 unspecified atom stereocenters. The maximum absolute atomic E-state index is 11.8. The predicted octanol–water partition coefficient (Wildman–Crippen LogP) is 2.14. The lowest BCUT2D eigenvalue weighted by atomic mass is 10.1. The first-order valence-electron chi connectivity index (χ1n) is 8.00. The summed E-state index contributed by atoms with van der Waals surface area (Å²) in [6.45, 7) is 0.901. The molecule has 0 saturated carbocycles. The molecule has 0 amide bonds. The van der Waals surface area contributed by atoms with Crippen molar-refractivity contribution in [3.63, 3.8) is 0 Å². The molecule has 0 atom stereocenters. The summed E-state index contributed by atoms with van der Waals surface area (Å²) >= 11 is 0. The van der Waals surface area contributed by atoms with Crippen molar-refractivity contribution >= 4 is 17.3 Å². The van der Waals surface area contributed by atoms with Gasteiger partial charge in [0.2, 0.25) is 0 Å². The van der Waals surface area contributed by atoms with Crippen LogP contribution in [0.4, 0.5) is 11.4 Å². The number of rotatable bonds is 6. The minimum Gasteiger partial charge on any atom is -0.487 e. The fraction of sp³-hybridized carbons (Fsp3) is 0.278. The summed E-state index contributed by atoms with van der Waals surface area (Å²) in [6.07, 6.45) is -0.114. The molecular formula is C18H18N2O6. The minimum atomic E-state index is -0.740. The van der Waals surface area contributed by atoms with Gasteiger partial charge in [-0.15, -0.1) is 0 Å². The Morgan fingerprint density at radius 3 is 2.54 bits per heavy atom.